The number of nitrogens with one attached hydrogen (secondary N) is 1. The number of carbonyl (C=O) groups excluding carboxylic acids is 1. The summed E-state index contributed by atoms with van der Waals surface area (Å²) in [6, 6.07) is 1.24. The van der Waals surface area contributed by atoms with Crippen molar-refractivity contribution in [1.29, 1.82) is 0 Å². The highest BCUT2D eigenvalue weighted by Gasteiger charge is 2.40. The van der Waals surface area contributed by atoms with Gasteiger partial charge in [-0.2, -0.15) is 0 Å². The highest BCUT2D eigenvalue weighted by Crippen LogP contribution is 2.42. The van der Waals surface area contributed by atoms with Gasteiger partial charge in [-0.3, -0.25) is 4.79 Å². The predicted octanol–water partition coefficient (Wildman–Crippen LogP) is 2.58. The number of hydrogen-bond acceptors (Lipinski definition) is 3. The average Bonchev–Trinajstić information content (AvgIpc) is 3.23. The zero-order chi connectivity index (χ0) is 15.1. The normalized spacial score (nSPS) is 38.8. The van der Waals surface area contributed by atoms with Crippen LogP contribution >= 0.6 is 24.8 Å². The maximum atomic E-state index is 12.6. The molecule has 3 atom stereocenters. The number of amides is 1. The lowest BCUT2D eigenvalue weighted by Gasteiger charge is -2.43. The van der Waals surface area contributed by atoms with Gasteiger partial charge >= 0.3 is 0 Å². The second-order valence-electron chi connectivity index (χ2n) is 8.32. The van der Waals surface area contributed by atoms with Crippen molar-refractivity contribution in [2.45, 2.75) is 63.5 Å². The molecule has 0 spiro atoms. The quantitative estimate of drug-likeness (QED) is 0.791. The fourth-order valence-electron chi connectivity index (χ4n) is 5.19. The fraction of sp³-hybridized carbons (Fsp3) is 0.944. The molecule has 1 aliphatic heterocycles. The monoisotopic (exact) mass is 377 g/mol. The summed E-state index contributed by atoms with van der Waals surface area (Å²) in [5, 5.41) is 3.27. The molecule has 1 heterocycles. The van der Waals surface area contributed by atoms with E-state index in [4.69, 9.17) is 5.73 Å². The van der Waals surface area contributed by atoms with E-state index in [1.54, 1.807) is 0 Å². The van der Waals surface area contributed by atoms with Crippen LogP contribution in [0, 0.1) is 23.7 Å². The number of fused-ring (bicyclic) bond motifs is 2. The van der Waals surface area contributed by atoms with Crippen LogP contribution < -0.4 is 11.1 Å². The molecule has 3 aliphatic carbocycles. The third kappa shape index (κ3) is 4.38. The lowest BCUT2D eigenvalue weighted by molar-refractivity contribution is -0.128. The third-order valence-electron chi connectivity index (χ3n) is 6.73. The van der Waals surface area contributed by atoms with E-state index in [0.29, 0.717) is 29.7 Å². The Bertz CT molecular complexity index is 418. The van der Waals surface area contributed by atoms with Crippen LogP contribution in [-0.2, 0) is 4.79 Å². The zero-order valence-electron chi connectivity index (χ0n) is 14.5. The van der Waals surface area contributed by atoms with E-state index in [1.165, 1.54) is 51.6 Å². The number of halogens is 2. The van der Waals surface area contributed by atoms with Crippen molar-refractivity contribution in [2.24, 2.45) is 29.4 Å². The molecule has 1 saturated heterocycles. The van der Waals surface area contributed by atoms with Gasteiger partial charge in [0.25, 0.3) is 0 Å². The molecule has 3 N–H and O–H groups in total. The summed E-state index contributed by atoms with van der Waals surface area (Å²) in [6.07, 6.45) is 9.90. The standard InChI is InChI=1S/C18H31N3O.2ClH/c19-17-13-2-1-3-14(17)9-15(8-13)18(22)20-10-12-6-7-21(11-12)16-4-5-16;;/h12-17H,1-11,19H2,(H,20,22);2*1H. The molecule has 3 unspecified atom stereocenters. The van der Waals surface area contributed by atoms with Gasteiger partial charge in [0.15, 0.2) is 0 Å². The number of nitrogens with zero attached hydrogens (tertiary/aromatic N) is 1. The summed E-state index contributed by atoms with van der Waals surface area (Å²) >= 11 is 0. The molecule has 2 bridgehead atoms. The maximum Gasteiger partial charge on any atom is 0.223 e. The molecule has 4 rings (SSSR count). The highest BCUT2D eigenvalue weighted by atomic mass is 35.5. The van der Waals surface area contributed by atoms with Crippen molar-refractivity contribution in [2.75, 3.05) is 19.6 Å². The van der Waals surface area contributed by atoms with E-state index in [2.05, 4.69) is 10.2 Å². The molecular formula is C18H33Cl2N3O. The lowest BCUT2D eigenvalue weighted by atomic mass is 9.65. The van der Waals surface area contributed by atoms with E-state index in [0.717, 1.165) is 25.4 Å². The smallest absolute Gasteiger partial charge is 0.223 e. The molecule has 140 valence electrons. The Morgan fingerprint density at radius 2 is 1.71 bits per heavy atom. The summed E-state index contributed by atoms with van der Waals surface area (Å²) in [7, 11) is 0. The van der Waals surface area contributed by atoms with E-state index in [1.807, 2.05) is 0 Å². The average molecular weight is 378 g/mol. The van der Waals surface area contributed by atoms with E-state index in [-0.39, 0.29) is 30.7 Å². The van der Waals surface area contributed by atoms with Gasteiger partial charge in [-0.25, -0.2) is 0 Å². The van der Waals surface area contributed by atoms with E-state index >= 15 is 0 Å². The van der Waals surface area contributed by atoms with Gasteiger partial charge in [-0.1, -0.05) is 6.42 Å². The molecule has 0 aromatic rings. The molecule has 3 saturated carbocycles. The first-order valence-electron chi connectivity index (χ1n) is 9.48. The zero-order valence-corrected chi connectivity index (χ0v) is 16.1. The van der Waals surface area contributed by atoms with E-state index in [9.17, 15) is 4.79 Å². The van der Waals surface area contributed by atoms with Crippen LogP contribution in [0.3, 0.4) is 0 Å². The fourth-order valence-corrected chi connectivity index (χ4v) is 5.19. The number of likely N-dealkylation sites (tertiary alicyclic amines) is 1. The lowest BCUT2D eigenvalue weighted by Crippen LogP contribution is -2.49. The van der Waals surface area contributed by atoms with Crippen molar-refractivity contribution < 1.29 is 4.79 Å². The maximum absolute atomic E-state index is 12.6. The Balaban J connectivity index is 0.00000104. The van der Waals surface area contributed by atoms with Crippen LogP contribution in [0.5, 0.6) is 0 Å². The van der Waals surface area contributed by atoms with Gasteiger partial charge < -0.3 is 16.0 Å². The summed E-state index contributed by atoms with van der Waals surface area (Å²) in [4.78, 5) is 15.2. The van der Waals surface area contributed by atoms with Crippen molar-refractivity contribution in [3.63, 3.8) is 0 Å². The van der Waals surface area contributed by atoms with Crippen LogP contribution in [0.1, 0.15) is 51.4 Å². The molecule has 1 amide bonds. The van der Waals surface area contributed by atoms with Crippen LogP contribution in [0.2, 0.25) is 0 Å². The summed E-state index contributed by atoms with van der Waals surface area (Å²) in [6.45, 7) is 3.33. The van der Waals surface area contributed by atoms with Gasteiger partial charge in [0, 0.05) is 31.1 Å². The van der Waals surface area contributed by atoms with Crippen molar-refractivity contribution >= 4 is 30.7 Å². The van der Waals surface area contributed by atoms with Crippen molar-refractivity contribution in [1.82, 2.24) is 10.2 Å². The Morgan fingerprint density at radius 1 is 1.04 bits per heavy atom. The van der Waals surface area contributed by atoms with Gasteiger partial charge in [0.2, 0.25) is 5.91 Å². The predicted molar refractivity (Wildman–Crippen MR) is 102 cm³/mol. The minimum absolute atomic E-state index is 0. The first kappa shape index (κ1) is 20.3. The minimum atomic E-state index is 0. The molecule has 0 radical (unpaired) electrons. The number of nitrogens with two attached hydrogens (primary N) is 1. The molecular weight excluding hydrogens is 345 g/mol. The first-order valence-corrected chi connectivity index (χ1v) is 9.48. The van der Waals surface area contributed by atoms with E-state index < -0.39 is 0 Å². The number of rotatable bonds is 4. The second kappa shape index (κ2) is 8.57. The molecule has 4 fully saturated rings. The summed E-state index contributed by atoms with van der Waals surface area (Å²) < 4.78 is 0. The number of hydrogen-bond donors (Lipinski definition) is 2. The van der Waals surface area contributed by atoms with Gasteiger partial charge in [-0.15, -0.1) is 24.8 Å². The SMILES string of the molecule is Cl.Cl.NC1C2CCCC1CC(C(=O)NCC1CCN(C3CC3)C1)C2. The molecule has 4 aliphatic rings. The van der Waals surface area contributed by atoms with Gasteiger partial charge in [-0.05, 0) is 69.2 Å². The first-order chi connectivity index (χ1) is 10.7. The van der Waals surface area contributed by atoms with Crippen LogP contribution in [0.25, 0.3) is 0 Å². The molecule has 0 aromatic heterocycles. The molecule has 6 heteroatoms. The van der Waals surface area contributed by atoms with Crippen molar-refractivity contribution in [3.05, 3.63) is 0 Å². The second-order valence-corrected chi connectivity index (χ2v) is 8.32. The minimum Gasteiger partial charge on any atom is -0.356 e. The Labute approximate surface area is 158 Å². The highest BCUT2D eigenvalue weighted by molar-refractivity contribution is 5.85. The molecule has 4 nitrogen and oxygen atoms in total. The third-order valence-corrected chi connectivity index (χ3v) is 6.73. The van der Waals surface area contributed by atoms with Crippen molar-refractivity contribution in [3.8, 4) is 0 Å². The van der Waals surface area contributed by atoms with Crippen LogP contribution in [0.4, 0.5) is 0 Å². The van der Waals surface area contributed by atoms with Crippen LogP contribution in [0.15, 0.2) is 0 Å². The summed E-state index contributed by atoms with van der Waals surface area (Å²) in [5.41, 5.74) is 6.33. The Kier molecular flexibility index (Phi) is 7.24. The van der Waals surface area contributed by atoms with Crippen LogP contribution in [-0.4, -0.2) is 42.5 Å². The largest absolute Gasteiger partial charge is 0.356 e. The molecule has 24 heavy (non-hydrogen) atoms. The topological polar surface area (TPSA) is 58.4 Å². The van der Waals surface area contributed by atoms with Gasteiger partial charge in [0.1, 0.15) is 0 Å². The van der Waals surface area contributed by atoms with Gasteiger partial charge in [0.05, 0.1) is 0 Å². The number of carbonyl (C=O) groups is 1. The summed E-state index contributed by atoms with van der Waals surface area (Å²) in [5.74, 6) is 2.42. The Morgan fingerprint density at radius 3 is 2.33 bits per heavy atom. The Hall–Kier alpha value is -0.0300. The molecule has 0 aromatic carbocycles.